The van der Waals surface area contributed by atoms with E-state index in [0.29, 0.717) is 42.1 Å². The average Bonchev–Trinajstić information content (AvgIpc) is 3.06. The third-order valence-corrected chi connectivity index (χ3v) is 6.68. The quantitative estimate of drug-likeness (QED) is 0.611. The molecule has 7 nitrogen and oxygen atoms in total. The Morgan fingerprint density at radius 2 is 2.00 bits per heavy atom. The van der Waals surface area contributed by atoms with Crippen LogP contribution in [0.3, 0.4) is 0 Å². The van der Waals surface area contributed by atoms with Gasteiger partial charge in [0.25, 0.3) is 5.91 Å². The van der Waals surface area contributed by atoms with Gasteiger partial charge in [-0.25, -0.2) is 9.07 Å². The second kappa shape index (κ2) is 8.02. The van der Waals surface area contributed by atoms with Gasteiger partial charge >= 0.3 is 0 Å². The number of fused-ring (bicyclic) bond motifs is 2. The molecule has 0 fully saturated rings. The number of nitrogens with zero attached hydrogens (tertiary/aromatic N) is 5. The first-order chi connectivity index (χ1) is 15.5. The minimum absolute atomic E-state index is 0.124. The lowest BCUT2D eigenvalue weighted by Gasteiger charge is -2.33. The number of hydrogen-bond acceptors (Lipinski definition) is 4. The largest absolute Gasteiger partial charge is 0.325 e. The number of aryl methyl sites for hydroxylation is 1. The number of aromatic nitrogens is 3. The highest BCUT2D eigenvalue weighted by molar-refractivity contribution is 6.31. The van der Waals surface area contributed by atoms with E-state index < -0.39 is 6.04 Å². The fraction of sp³-hybridized carbons (Fsp3) is 0.304. The predicted octanol–water partition coefficient (Wildman–Crippen LogP) is 3.10. The fourth-order valence-corrected chi connectivity index (χ4v) is 4.79. The smallest absolute Gasteiger partial charge is 0.275 e. The van der Waals surface area contributed by atoms with Crippen LogP contribution < -0.4 is 4.90 Å². The Labute approximate surface area is 189 Å². The Bertz CT molecular complexity index is 1230. The molecule has 0 aliphatic carbocycles. The second-order valence-corrected chi connectivity index (χ2v) is 8.43. The maximum absolute atomic E-state index is 14.1. The number of carbonyl (C=O) groups excluding carboxylic acids is 2. The summed E-state index contributed by atoms with van der Waals surface area (Å²) in [5.74, 6) is -0.826. The van der Waals surface area contributed by atoms with Crippen LogP contribution in [0.5, 0.6) is 0 Å². The van der Waals surface area contributed by atoms with Crippen LogP contribution in [0.25, 0.3) is 0 Å². The first-order valence-electron chi connectivity index (χ1n) is 10.5. The number of likely N-dealkylation sites (N-methyl/N-ethyl adjacent to an activating group) is 1. The monoisotopic (exact) mass is 453 g/mol. The van der Waals surface area contributed by atoms with Gasteiger partial charge in [-0.1, -0.05) is 29.8 Å². The summed E-state index contributed by atoms with van der Waals surface area (Å²) in [6.45, 7) is 0.495. The van der Waals surface area contributed by atoms with Crippen LogP contribution in [0.1, 0.15) is 33.6 Å². The molecule has 1 aromatic carbocycles. The standard InChI is InChI=1S/C23H21ClFN5O2/c1-28-19-12-26-10-8-14(19)6-7-18(22(28)31)29-11-9-16-20(23(29)32)27-30(21(16)24)13-15-4-2-3-5-17(15)25/h2-5,8,10,12,18H,6-7,9,11,13H2,1H3. The summed E-state index contributed by atoms with van der Waals surface area (Å²) in [6, 6.07) is 7.70. The van der Waals surface area contributed by atoms with E-state index in [1.54, 1.807) is 47.4 Å². The van der Waals surface area contributed by atoms with Crippen molar-refractivity contribution >= 4 is 29.1 Å². The Balaban J connectivity index is 1.43. The number of carbonyl (C=O) groups is 2. The van der Waals surface area contributed by atoms with Crippen molar-refractivity contribution in [2.45, 2.75) is 31.8 Å². The molecule has 0 saturated heterocycles. The van der Waals surface area contributed by atoms with Crippen LogP contribution in [0.15, 0.2) is 42.7 Å². The zero-order valence-electron chi connectivity index (χ0n) is 17.5. The molecule has 2 aromatic heterocycles. The first-order valence-corrected chi connectivity index (χ1v) is 10.8. The van der Waals surface area contributed by atoms with Crippen molar-refractivity contribution in [2.75, 3.05) is 18.5 Å². The van der Waals surface area contributed by atoms with Crippen LogP contribution >= 0.6 is 11.6 Å². The summed E-state index contributed by atoms with van der Waals surface area (Å²) >= 11 is 6.51. The minimum atomic E-state index is -0.594. The van der Waals surface area contributed by atoms with Crippen molar-refractivity contribution in [3.05, 3.63) is 76.1 Å². The maximum atomic E-state index is 14.1. The lowest BCUT2D eigenvalue weighted by Crippen LogP contribution is -2.52. The summed E-state index contributed by atoms with van der Waals surface area (Å²) in [5, 5.41) is 4.74. The summed E-state index contributed by atoms with van der Waals surface area (Å²) in [6.07, 6.45) is 5.05. The number of halogens is 2. The van der Waals surface area contributed by atoms with Gasteiger partial charge in [0.1, 0.15) is 17.0 Å². The van der Waals surface area contributed by atoms with Crippen molar-refractivity contribution in [2.24, 2.45) is 0 Å². The van der Waals surface area contributed by atoms with E-state index in [1.807, 2.05) is 6.07 Å². The van der Waals surface area contributed by atoms with E-state index in [-0.39, 0.29) is 29.9 Å². The van der Waals surface area contributed by atoms with E-state index in [1.165, 1.54) is 10.7 Å². The van der Waals surface area contributed by atoms with Crippen LogP contribution in [0, 0.1) is 5.82 Å². The highest BCUT2D eigenvalue weighted by atomic mass is 35.5. The maximum Gasteiger partial charge on any atom is 0.275 e. The van der Waals surface area contributed by atoms with E-state index in [0.717, 1.165) is 11.3 Å². The van der Waals surface area contributed by atoms with E-state index in [4.69, 9.17) is 11.6 Å². The van der Waals surface area contributed by atoms with Crippen LogP contribution in [-0.2, 0) is 24.2 Å². The van der Waals surface area contributed by atoms with Crippen molar-refractivity contribution in [1.82, 2.24) is 19.7 Å². The van der Waals surface area contributed by atoms with Gasteiger partial charge in [0.2, 0.25) is 5.91 Å². The third kappa shape index (κ3) is 3.35. The molecule has 0 bridgehead atoms. The molecule has 3 aromatic rings. The van der Waals surface area contributed by atoms with Gasteiger partial charge in [-0.3, -0.25) is 14.6 Å². The molecule has 4 heterocycles. The lowest BCUT2D eigenvalue weighted by atomic mass is 10.0. The topological polar surface area (TPSA) is 71.3 Å². The van der Waals surface area contributed by atoms with Gasteiger partial charge in [-0.15, -0.1) is 0 Å². The fourth-order valence-electron chi connectivity index (χ4n) is 4.51. The number of hydrogen-bond donors (Lipinski definition) is 0. The minimum Gasteiger partial charge on any atom is -0.325 e. The van der Waals surface area contributed by atoms with Gasteiger partial charge in [0.05, 0.1) is 18.4 Å². The van der Waals surface area contributed by atoms with Crippen LogP contribution in [0.2, 0.25) is 5.15 Å². The molecule has 2 aliphatic heterocycles. The second-order valence-electron chi connectivity index (χ2n) is 8.07. The molecule has 9 heteroatoms. The summed E-state index contributed by atoms with van der Waals surface area (Å²) in [4.78, 5) is 33.9. The molecule has 0 radical (unpaired) electrons. The Hall–Kier alpha value is -3.26. The zero-order valence-corrected chi connectivity index (χ0v) is 18.2. The average molecular weight is 454 g/mol. The zero-order chi connectivity index (χ0) is 22.4. The number of anilines is 1. The van der Waals surface area contributed by atoms with Crippen molar-refractivity contribution in [3.8, 4) is 0 Å². The molecule has 32 heavy (non-hydrogen) atoms. The van der Waals surface area contributed by atoms with E-state index >= 15 is 0 Å². The van der Waals surface area contributed by atoms with Crippen molar-refractivity contribution < 1.29 is 14.0 Å². The summed E-state index contributed by atoms with van der Waals surface area (Å²) in [5.41, 5.74) is 3.11. The molecule has 1 unspecified atom stereocenters. The third-order valence-electron chi connectivity index (χ3n) is 6.25. The number of pyridine rings is 1. The molecule has 0 saturated carbocycles. The SMILES string of the molecule is CN1C(=O)C(N2CCc3c(nn(Cc4ccccc4F)c3Cl)C2=O)CCc2ccncc21. The molecule has 0 N–H and O–H groups in total. The molecule has 2 amide bonds. The Morgan fingerprint density at radius 3 is 2.81 bits per heavy atom. The van der Waals surface area contributed by atoms with Crippen molar-refractivity contribution in [1.29, 1.82) is 0 Å². The van der Waals surface area contributed by atoms with Gasteiger partial charge < -0.3 is 9.80 Å². The number of amides is 2. The predicted molar refractivity (Wildman–Crippen MR) is 117 cm³/mol. The first kappa shape index (κ1) is 20.6. The van der Waals surface area contributed by atoms with Crippen molar-refractivity contribution in [3.63, 3.8) is 0 Å². The summed E-state index contributed by atoms with van der Waals surface area (Å²) < 4.78 is 15.5. The van der Waals surface area contributed by atoms with Crippen LogP contribution in [-0.4, -0.2) is 51.1 Å². The molecule has 2 aliphatic rings. The summed E-state index contributed by atoms with van der Waals surface area (Å²) in [7, 11) is 1.71. The van der Waals surface area contributed by atoms with Gasteiger partial charge in [-0.2, -0.15) is 5.10 Å². The van der Waals surface area contributed by atoms with Gasteiger partial charge in [-0.05, 0) is 37.0 Å². The normalized spacial score (nSPS) is 18.4. The van der Waals surface area contributed by atoms with E-state index in [2.05, 4.69) is 10.1 Å². The number of benzene rings is 1. The van der Waals surface area contributed by atoms with E-state index in [9.17, 15) is 14.0 Å². The lowest BCUT2D eigenvalue weighted by molar-refractivity contribution is -0.122. The molecule has 0 spiro atoms. The molecule has 1 atom stereocenters. The Morgan fingerprint density at radius 1 is 1.19 bits per heavy atom. The van der Waals surface area contributed by atoms with Gasteiger partial charge in [0, 0.05) is 30.9 Å². The highest BCUT2D eigenvalue weighted by Gasteiger charge is 2.40. The molecular formula is C23H21ClFN5O2. The number of rotatable bonds is 3. The van der Waals surface area contributed by atoms with Crippen LogP contribution in [0.4, 0.5) is 10.1 Å². The van der Waals surface area contributed by atoms with Gasteiger partial charge in [0.15, 0.2) is 5.69 Å². The Kier molecular flexibility index (Phi) is 5.17. The molecule has 5 rings (SSSR count). The highest BCUT2D eigenvalue weighted by Crippen LogP contribution is 2.32. The molecular weight excluding hydrogens is 433 g/mol. The molecule has 164 valence electrons.